The number of ether oxygens (including phenoxy) is 1. The average Bonchev–Trinajstić information content (AvgIpc) is 2.86. The van der Waals surface area contributed by atoms with E-state index in [1.807, 2.05) is 33.8 Å². The SMILES string of the molecule is C#Cc1ccc(C(C(=O)Nc2c(C)cccc2Cl)N(CCCC)C(=O)C(CC(C)C)NC(=O)OC(C)(C)C)cc1. The van der Waals surface area contributed by atoms with Crippen molar-refractivity contribution in [3.8, 4) is 12.3 Å². The number of terminal acetylenes is 1. The van der Waals surface area contributed by atoms with E-state index in [4.69, 9.17) is 22.8 Å². The molecule has 2 unspecified atom stereocenters. The highest BCUT2D eigenvalue weighted by Crippen LogP contribution is 2.30. The van der Waals surface area contributed by atoms with Crippen molar-refractivity contribution < 1.29 is 19.1 Å². The van der Waals surface area contributed by atoms with Gasteiger partial charge in [-0.25, -0.2) is 4.79 Å². The summed E-state index contributed by atoms with van der Waals surface area (Å²) in [4.78, 5) is 42.5. The smallest absolute Gasteiger partial charge is 0.408 e. The van der Waals surface area contributed by atoms with Gasteiger partial charge in [0.05, 0.1) is 10.7 Å². The Labute approximate surface area is 244 Å². The first-order valence-corrected chi connectivity index (χ1v) is 14.1. The largest absolute Gasteiger partial charge is 0.444 e. The Morgan fingerprint density at radius 1 is 1.10 bits per heavy atom. The lowest BCUT2D eigenvalue weighted by Crippen LogP contribution is -2.53. The zero-order valence-corrected chi connectivity index (χ0v) is 25.4. The van der Waals surface area contributed by atoms with Gasteiger partial charge in [-0.05, 0) is 75.8 Å². The Kier molecular flexibility index (Phi) is 12.1. The highest BCUT2D eigenvalue weighted by atomic mass is 35.5. The van der Waals surface area contributed by atoms with Gasteiger partial charge < -0.3 is 20.3 Å². The molecule has 0 aliphatic carbocycles. The number of nitrogens with one attached hydrogen (secondary N) is 2. The first-order chi connectivity index (χ1) is 18.8. The Bertz CT molecular complexity index is 1190. The monoisotopic (exact) mass is 567 g/mol. The van der Waals surface area contributed by atoms with Crippen LogP contribution in [-0.4, -0.2) is 41.0 Å². The summed E-state index contributed by atoms with van der Waals surface area (Å²) < 4.78 is 5.45. The highest BCUT2D eigenvalue weighted by molar-refractivity contribution is 6.34. The first-order valence-electron chi connectivity index (χ1n) is 13.7. The van der Waals surface area contributed by atoms with E-state index in [9.17, 15) is 14.4 Å². The fourth-order valence-electron chi connectivity index (χ4n) is 4.25. The van der Waals surface area contributed by atoms with Gasteiger partial charge in [0.15, 0.2) is 0 Å². The molecular weight excluding hydrogens is 526 g/mol. The van der Waals surface area contributed by atoms with Gasteiger partial charge in [0.25, 0.3) is 5.91 Å². The van der Waals surface area contributed by atoms with Crippen molar-refractivity contribution in [1.29, 1.82) is 0 Å². The number of halogens is 1. The molecule has 0 saturated heterocycles. The van der Waals surface area contributed by atoms with Crippen LogP contribution in [0.3, 0.4) is 0 Å². The minimum absolute atomic E-state index is 0.0878. The van der Waals surface area contributed by atoms with Crippen molar-refractivity contribution in [2.24, 2.45) is 5.92 Å². The number of nitrogens with zero attached hydrogens (tertiary/aromatic N) is 1. The molecule has 0 radical (unpaired) electrons. The Hall–Kier alpha value is -3.50. The summed E-state index contributed by atoms with van der Waals surface area (Å²) in [7, 11) is 0. The van der Waals surface area contributed by atoms with Crippen molar-refractivity contribution in [1.82, 2.24) is 10.2 Å². The maximum atomic E-state index is 14.2. The van der Waals surface area contributed by atoms with Crippen molar-refractivity contribution in [2.75, 3.05) is 11.9 Å². The number of aryl methyl sites for hydroxylation is 1. The molecule has 0 fully saturated rings. The van der Waals surface area contributed by atoms with Gasteiger partial charge in [0.1, 0.15) is 17.7 Å². The zero-order valence-electron chi connectivity index (χ0n) is 24.6. The fraction of sp³-hybridized carbons (Fsp3) is 0.469. The van der Waals surface area contributed by atoms with Gasteiger partial charge in [0.2, 0.25) is 5.91 Å². The van der Waals surface area contributed by atoms with E-state index in [0.717, 1.165) is 12.0 Å². The van der Waals surface area contributed by atoms with Crippen LogP contribution in [0.25, 0.3) is 0 Å². The van der Waals surface area contributed by atoms with Crippen LogP contribution in [0.2, 0.25) is 5.02 Å². The average molecular weight is 568 g/mol. The van der Waals surface area contributed by atoms with E-state index in [1.54, 1.807) is 62.1 Å². The predicted octanol–water partition coefficient (Wildman–Crippen LogP) is 6.88. The van der Waals surface area contributed by atoms with Crippen LogP contribution in [0.15, 0.2) is 42.5 Å². The molecule has 0 heterocycles. The molecule has 2 aromatic rings. The zero-order chi connectivity index (χ0) is 30.0. The molecule has 3 amide bonds. The number of alkyl carbamates (subject to hydrolysis) is 1. The molecule has 0 spiro atoms. The highest BCUT2D eigenvalue weighted by Gasteiger charge is 2.36. The molecule has 0 bridgehead atoms. The first kappa shape index (κ1) is 32.7. The van der Waals surface area contributed by atoms with Crippen LogP contribution in [0.5, 0.6) is 0 Å². The summed E-state index contributed by atoms with van der Waals surface area (Å²) in [5.74, 6) is 1.88. The third-order valence-corrected chi connectivity index (χ3v) is 6.47. The maximum Gasteiger partial charge on any atom is 0.408 e. The summed E-state index contributed by atoms with van der Waals surface area (Å²) >= 11 is 6.43. The predicted molar refractivity (Wildman–Crippen MR) is 161 cm³/mol. The molecule has 0 saturated carbocycles. The van der Waals surface area contributed by atoms with Gasteiger partial charge in [-0.2, -0.15) is 0 Å². The van der Waals surface area contributed by atoms with Gasteiger partial charge in [-0.3, -0.25) is 9.59 Å². The Balaban J connectivity index is 2.59. The molecule has 216 valence electrons. The Morgan fingerprint density at radius 3 is 2.27 bits per heavy atom. The van der Waals surface area contributed by atoms with Gasteiger partial charge >= 0.3 is 6.09 Å². The summed E-state index contributed by atoms with van der Waals surface area (Å²) in [6.45, 7) is 13.4. The molecule has 8 heteroatoms. The molecule has 0 aliphatic heterocycles. The van der Waals surface area contributed by atoms with E-state index in [-0.39, 0.29) is 11.8 Å². The van der Waals surface area contributed by atoms with Crippen molar-refractivity contribution in [3.63, 3.8) is 0 Å². The third kappa shape index (κ3) is 9.60. The third-order valence-electron chi connectivity index (χ3n) is 6.16. The molecular formula is C32H42ClN3O4. The van der Waals surface area contributed by atoms with E-state index < -0.39 is 29.7 Å². The van der Waals surface area contributed by atoms with Crippen LogP contribution in [0.4, 0.5) is 10.5 Å². The minimum Gasteiger partial charge on any atom is -0.444 e. The second kappa shape index (κ2) is 14.8. The van der Waals surface area contributed by atoms with E-state index in [0.29, 0.717) is 41.2 Å². The summed E-state index contributed by atoms with van der Waals surface area (Å²) in [6.07, 6.45) is 6.70. The summed E-state index contributed by atoms with van der Waals surface area (Å²) in [5, 5.41) is 6.11. The molecule has 0 aromatic heterocycles. The van der Waals surface area contributed by atoms with Crippen LogP contribution < -0.4 is 10.6 Å². The number of hydrogen-bond acceptors (Lipinski definition) is 4. The molecule has 2 rings (SSSR count). The number of hydrogen-bond donors (Lipinski definition) is 2. The van der Waals surface area contributed by atoms with Crippen molar-refractivity contribution in [3.05, 3.63) is 64.2 Å². The second-order valence-corrected chi connectivity index (χ2v) is 11.7. The number of anilines is 1. The number of benzene rings is 2. The lowest BCUT2D eigenvalue weighted by atomic mass is 9.98. The molecule has 0 aliphatic rings. The second-order valence-electron chi connectivity index (χ2n) is 11.3. The van der Waals surface area contributed by atoms with Gasteiger partial charge in [-0.15, -0.1) is 6.42 Å². The molecule has 2 atom stereocenters. The van der Waals surface area contributed by atoms with E-state index in [1.165, 1.54) is 0 Å². The molecule has 7 nitrogen and oxygen atoms in total. The maximum absolute atomic E-state index is 14.2. The Morgan fingerprint density at radius 2 is 1.75 bits per heavy atom. The van der Waals surface area contributed by atoms with Gasteiger partial charge in [-0.1, -0.05) is 69.0 Å². The summed E-state index contributed by atoms with van der Waals surface area (Å²) in [5.41, 5.74) is 1.78. The fourth-order valence-corrected chi connectivity index (χ4v) is 4.52. The molecule has 2 N–H and O–H groups in total. The van der Waals surface area contributed by atoms with Crippen molar-refractivity contribution >= 4 is 35.2 Å². The van der Waals surface area contributed by atoms with Crippen molar-refractivity contribution in [2.45, 2.75) is 85.4 Å². The normalized spacial score (nSPS) is 12.7. The lowest BCUT2D eigenvalue weighted by molar-refractivity contribution is -0.141. The number of carbonyl (C=O) groups is 3. The van der Waals surface area contributed by atoms with Crippen LogP contribution in [0.1, 0.15) is 83.5 Å². The number of unbranched alkanes of at least 4 members (excludes halogenated alkanes) is 1. The standard InChI is InChI=1S/C32H42ClN3O4/c1-9-11-19-36(30(38)26(20-21(3)4)34-31(39)40-32(6,7)8)28(24-17-15-23(10-2)16-18-24)29(37)35-27-22(5)13-12-14-25(27)33/h2,12-18,21,26,28H,9,11,19-20H2,1,3-8H3,(H,34,39)(H,35,37). The molecule has 2 aromatic carbocycles. The van der Waals surface area contributed by atoms with Crippen LogP contribution in [-0.2, 0) is 14.3 Å². The number of para-hydroxylation sites is 1. The number of rotatable bonds is 11. The quantitative estimate of drug-likeness (QED) is 0.290. The topological polar surface area (TPSA) is 87.7 Å². The van der Waals surface area contributed by atoms with Crippen LogP contribution in [0, 0.1) is 25.2 Å². The summed E-state index contributed by atoms with van der Waals surface area (Å²) in [6, 6.07) is 10.4. The van der Waals surface area contributed by atoms with E-state index >= 15 is 0 Å². The van der Waals surface area contributed by atoms with Gasteiger partial charge in [0, 0.05) is 12.1 Å². The number of amides is 3. The minimum atomic E-state index is -1.00. The van der Waals surface area contributed by atoms with E-state index in [2.05, 4.69) is 16.6 Å². The van der Waals surface area contributed by atoms with Crippen LogP contribution >= 0.6 is 11.6 Å². The number of carbonyl (C=O) groups excluding carboxylic acids is 3. The molecule has 40 heavy (non-hydrogen) atoms. The lowest BCUT2D eigenvalue weighted by Gasteiger charge is -2.35.